The number of rotatable bonds is 5. The molecule has 6 nitrogen and oxygen atoms in total. The summed E-state index contributed by atoms with van der Waals surface area (Å²) in [6.45, 7) is 2.28. The molecule has 2 heterocycles. The molecule has 2 aromatic rings. The SMILES string of the molecule is O=C(Nc1cc(F)ccc1C(=O)NCC1CNC1)c1ccoc1. The molecule has 1 aromatic heterocycles. The number of furan rings is 1. The van der Waals surface area contributed by atoms with Gasteiger partial charge in [-0.25, -0.2) is 4.39 Å². The number of carbonyl (C=O) groups excluding carboxylic acids is 2. The number of hydrogen-bond acceptors (Lipinski definition) is 4. The van der Waals surface area contributed by atoms with Crippen molar-refractivity contribution in [3.63, 3.8) is 0 Å². The lowest BCUT2D eigenvalue weighted by Gasteiger charge is -2.27. The Balaban J connectivity index is 1.74. The van der Waals surface area contributed by atoms with E-state index in [1.54, 1.807) is 0 Å². The second kappa shape index (κ2) is 6.62. The summed E-state index contributed by atoms with van der Waals surface area (Å²) in [6, 6.07) is 5.15. The summed E-state index contributed by atoms with van der Waals surface area (Å²) in [6.07, 6.45) is 2.64. The Morgan fingerprint density at radius 2 is 2.09 bits per heavy atom. The van der Waals surface area contributed by atoms with E-state index in [1.165, 1.54) is 30.7 Å². The number of hydrogen-bond donors (Lipinski definition) is 3. The van der Waals surface area contributed by atoms with Crippen molar-refractivity contribution in [1.29, 1.82) is 0 Å². The molecule has 3 N–H and O–H groups in total. The van der Waals surface area contributed by atoms with Crippen molar-refractivity contribution in [2.45, 2.75) is 0 Å². The van der Waals surface area contributed by atoms with Crippen LogP contribution in [0.2, 0.25) is 0 Å². The molecule has 1 aromatic carbocycles. The topological polar surface area (TPSA) is 83.4 Å². The Labute approximate surface area is 132 Å². The van der Waals surface area contributed by atoms with Gasteiger partial charge in [-0.2, -0.15) is 0 Å². The molecule has 0 bridgehead atoms. The predicted molar refractivity (Wildman–Crippen MR) is 81.8 cm³/mol. The zero-order chi connectivity index (χ0) is 16.2. The van der Waals surface area contributed by atoms with Crippen molar-refractivity contribution < 1.29 is 18.4 Å². The van der Waals surface area contributed by atoms with E-state index in [4.69, 9.17) is 4.42 Å². The fourth-order valence-corrected chi connectivity index (χ4v) is 2.23. The lowest BCUT2D eigenvalue weighted by molar-refractivity contribution is 0.0943. The van der Waals surface area contributed by atoms with Crippen molar-refractivity contribution in [1.82, 2.24) is 10.6 Å². The van der Waals surface area contributed by atoms with Gasteiger partial charge in [-0.1, -0.05) is 0 Å². The van der Waals surface area contributed by atoms with Gasteiger partial charge in [-0.3, -0.25) is 9.59 Å². The molecule has 0 unspecified atom stereocenters. The van der Waals surface area contributed by atoms with Crippen molar-refractivity contribution in [3.05, 3.63) is 53.7 Å². The third kappa shape index (κ3) is 3.57. The lowest BCUT2D eigenvalue weighted by Crippen LogP contribution is -2.48. The van der Waals surface area contributed by atoms with Crippen molar-refractivity contribution in [2.24, 2.45) is 5.92 Å². The van der Waals surface area contributed by atoms with E-state index < -0.39 is 11.7 Å². The van der Waals surface area contributed by atoms with Gasteiger partial charge in [0.1, 0.15) is 12.1 Å². The molecular weight excluding hydrogens is 301 g/mol. The predicted octanol–water partition coefficient (Wildman–Crippen LogP) is 1.62. The molecule has 1 fully saturated rings. The zero-order valence-electron chi connectivity index (χ0n) is 12.3. The molecule has 1 saturated heterocycles. The van der Waals surface area contributed by atoms with Crippen LogP contribution in [0, 0.1) is 11.7 Å². The van der Waals surface area contributed by atoms with E-state index in [0.717, 1.165) is 19.2 Å². The van der Waals surface area contributed by atoms with Crippen molar-refractivity contribution >= 4 is 17.5 Å². The number of benzene rings is 1. The minimum absolute atomic E-state index is 0.125. The van der Waals surface area contributed by atoms with E-state index >= 15 is 0 Å². The van der Waals surface area contributed by atoms with Crippen LogP contribution in [0.3, 0.4) is 0 Å². The van der Waals surface area contributed by atoms with Gasteiger partial charge in [-0.15, -0.1) is 0 Å². The Morgan fingerprint density at radius 1 is 1.26 bits per heavy atom. The highest BCUT2D eigenvalue weighted by molar-refractivity contribution is 6.08. The summed E-state index contributed by atoms with van der Waals surface area (Å²) in [5.41, 5.74) is 0.636. The first-order chi connectivity index (χ1) is 11.1. The van der Waals surface area contributed by atoms with Gasteiger partial charge in [-0.05, 0) is 24.3 Å². The monoisotopic (exact) mass is 317 g/mol. The van der Waals surface area contributed by atoms with Gasteiger partial charge in [0, 0.05) is 25.6 Å². The molecule has 120 valence electrons. The molecule has 1 aliphatic heterocycles. The summed E-state index contributed by atoms with van der Waals surface area (Å²) in [7, 11) is 0. The first-order valence-electron chi connectivity index (χ1n) is 7.25. The van der Waals surface area contributed by atoms with Gasteiger partial charge in [0.05, 0.1) is 23.1 Å². The van der Waals surface area contributed by atoms with Crippen LogP contribution in [0.15, 0.2) is 41.2 Å². The Hall–Kier alpha value is -2.67. The van der Waals surface area contributed by atoms with Crippen LogP contribution >= 0.6 is 0 Å². The smallest absolute Gasteiger partial charge is 0.258 e. The van der Waals surface area contributed by atoms with Crippen LogP contribution in [0.25, 0.3) is 0 Å². The van der Waals surface area contributed by atoms with Gasteiger partial charge in [0.25, 0.3) is 11.8 Å². The molecule has 1 aliphatic rings. The molecular formula is C16H16FN3O3. The van der Waals surface area contributed by atoms with E-state index in [-0.39, 0.29) is 17.2 Å². The molecule has 0 saturated carbocycles. The van der Waals surface area contributed by atoms with Crippen LogP contribution in [-0.4, -0.2) is 31.4 Å². The molecule has 3 rings (SSSR count). The molecule has 7 heteroatoms. The summed E-state index contributed by atoms with van der Waals surface area (Å²) in [4.78, 5) is 24.3. The Morgan fingerprint density at radius 3 is 2.74 bits per heavy atom. The average Bonchev–Trinajstić information content (AvgIpc) is 2.99. The van der Waals surface area contributed by atoms with Gasteiger partial charge < -0.3 is 20.4 Å². The van der Waals surface area contributed by atoms with Crippen LogP contribution in [0.1, 0.15) is 20.7 Å². The standard InChI is InChI=1S/C16H16FN3O3/c17-12-1-2-13(16(22)19-8-10-6-18-7-10)14(5-12)20-15(21)11-3-4-23-9-11/h1-5,9-10,18H,6-8H2,(H,19,22)(H,20,21). The Kier molecular flexibility index (Phi) is 4.38. The molecule has 0 aliphatic carbocycles. The van der Waals surface area contributed by atoms with Crippen LogP contribution in [0.5, 0.6) is 0 Å². The van der Waals surface area contributed by atoms with E-state index in [2.05, 4.69) is 16.0 Å². The first kappa shape index (κ1) is 15.2. The van der Waals surface area contributed by atoms with Crippen LogP contribution in [-0.2, 0) is 0 Å². The third-order valence-electron chi connectivity index (χ3n) is 3.68. The quantitative estimate of drug-likeness (QED) is 0.782. The summed E-state index contributed by atoms with van der Waals surface area (Å²) in [5, 5.41) is 8.45. The normalized spacial score (nSPS) is 14.1. The first-order valence-corrected chi connectivity index (χ1v) is 7.25. The molecule has 0 spiro atoms. The number of nitrogens with one attached hydrogen (secondary N) is 3. The minimum Gasteiger partial charge on any atom is -0.472 e. The van der Waals surface area contributed by atoms with E-state index in [9.17, 15) is 14.0 Å². The van der Waals surface area contributed by atoms with E-state index in [1.807, 2.05) is 0 Å². The Bertz CT molecular complexity index is 711. The maximum atomic E-state index is 13.5. The number of carbonyl (C=O) groups is 2. The van der Waals surface area contributed by atoms with Crippen molar-refractivity contribution in [3.8, 4) is 0 Å². The molecule has 23 heavy (non-hydrogen) atoms. The third-order valence-corrected chi connectivity index (χ3v) is 3.68. The highest BCUT2D eigenvalue weighted by Crippen LogP contribution is 2.19. The highest BCUT2D eigenvalue weighted by atomic mass is 19.1. The van der Waals surface area contributed by atoms with Gasteiger partial charge in [0.15, 0.2) is 0 Å². The fourth-order valence-electron chi connectivity index (χ4n) is 2.23. The summed E-state index contributed by atoms with van der Waals surface area (Å²) in [5.74, 6) is -0.948. The average molecular weight is 317 g/mol. The summed E-state index contributed by atoms with van der Waals surface area (Å²) >= 11 is 0. The molecule has 2 amide bonds. The number of amides is 2. The van der Waals surface area contributed by atoms with Crippen molar-refractivity contribution in [2.75, 3.05) is 25.0 Å². The molecule has 0 radical (unpaired) electrons. The van der Waals surface area contributed by atoms with Gasteiger partial charge in [0.2, 0.25) is 0 Å². The maximum absolute atomic E-state index is 13.5. The maximum Gasteiger partial charge on any atom is 0.258 e. The fraction of sp³-hybridized carbons (Fsp3) is 0.250. The zero-order valence-corrected chi connectivity index (χ0v) is 12.3. The highest BCUT2D eigenvalue weighted by Gasteiger charge is 2.20. The summed E-state index contributed by atoms with van der Waals surface area (Å²) < 4.78 is 18.3. The second-order valence-corrected chi connectivity index (χ2v) is 5.39. The number of anilines is 1. The van der Waals surface area contributed by atoms with Crippen LogP contribution < -0.4 is 16.0 Å². The second-order valence-electron chi connectivity index (χ2n) is 5.39. The van der Waals surface area contributed by atoms with Gasteiger partial charge >= 0.3 is 0 Å². The minimum atomic E-state index is -0.535. The molecule has 0 atom stereocenters. The van der Waals surface area contributed by atoms with Crippen LogP contribution in [0.4, 0.5) is 10.1 Å². The lowest BCUT2D eigenvalue weighted by atomic mass is 10.0. The van der Waals surface area contributed by atoms with E-state index in [0.29, 0.717) is 18.0 Å². The largest absolute Gasteiger partial charge is 0.472 e. The number of halogens is 1.